The zero-order valence-corrected chi connectivity index (χ0v) is 21.6. The molecule has 7 nitrogen and oxygen atoms in total. The standard InChI is InChI=1S/C29H33ClN4O3/c30-24-14-12-22(13-15-24)27-17-16-25(37-27)21-32-33-29(36)26(34-19-7-2-8-20-34)11-5-6-18-31-28(35)23-9-3-1-4-10-23/h1,3-4,9-10,12-17,21,26H,2,5-8,11,18-20H2,(H,31,35)(H,33,36)/b32-21+/t26-/m0/s1. The first kappa shape index (κ1) is 26.6. The molecule has 2 heterocycles. The smallest absolute Gasteiger partial charge is 0.257 e. The van der Waals surface area contributed by atoms with Gasteiger partial charge in [-0.25, -0.2) is 5.43 Å². The number of rotatable bonds is 11. The first-order chi connectivity index (χ1) is 18.1. The minimum atomic E-state index is -0.247. The van der Waals surface area contributed by atoms with Crippen LogP contribution in [-0.4, -0.2) is 48.6 Å². The van der Waals surface area contributed by atoms with Crippen molar-refractivity contribution in [1.82, 2.24) is 15.6 Å². The molecule has 0 radical (unpaired) electrons. The number of hydrogen-bond donors (Lipinski definition) is 2. The lowest BCUT2D eigenvalue weighted by molar-refractivity contribution is -0.127. The van der Waals surface area contributed by atoms with Gasteiger partial charge in [-0.2, -0.15) is 5.10 Å². The summed E-state index contributed by atoms with van der Waals surface area (Å²) in [5.74, 6) is 1.07. The van der Waals surface area contributed by atoms with Gasteiger partial charge in [-0.3, -0.25) is 14.5 Å². The van der Waals surface area contributed by atoms with Crippen LogP contribution in [0, 0.1) is 0 Å². The first-order valence-electron chi connectivity index (χ1n) is 12.9. The molecule has 1 fully saturated rings. The number of likely N-dealkylation sites (tertiary alicyclic amines) is 1. The third-order valence-electron chi connectivity index (χ3n) is 6.48. The van der Waals surface area contributed by atoms with Gasteiger partial charge in [0.05, 0.1) is 12.3 Å². The molecule has 3 aromatic rings. The zero-order valence-electron chi connectivity index (χ0n) is 20.9. The summed E-state index contributed by atoms with van der Waals surface area (Å²) in [6.45, 7) is 2.40. The predicted octanol–water partition coefficient (Wildman–Crippen LogP) is 5.50. The number of furan rings is 1. The summed E-state index contributed by atoms with van der Waals surface area (Å²) in [5.41, 5.74) is 4.28. The minimum Gasteiger partial charge on any atom is -0.455 e. The average Bonchev–Trinajstić information content (AvgIpc) is 3.40. The van der Waals surface area contributed by atoms with Gasteiger partial charge in [-0.15, -0.1) is 0 Å². The number of nitrogens with one attached hydrogen (secondary N) is 2. The Morgan fingerprint density at radius 1 is 0.973 bits per heavy atom. The molecule has 1 aliphatic rings. The Kier molecular flexibility index (Phi) is 9.91. The monoisotopic (exact) mass is 520 g/mol. The maximum Gasteiger partial charge on any atom is 0.257 e. The summed E-state index contributed by atoms with van der Waals surface area (Å²) in [6.07, 6.45) is 7.26. The Morgan fingerprint density at radius 2 is 1.73 bits per heavy atom. The van der Waals surface area contributed by atoms with Crippen LogP contribution < -0.4 is 10.7 Å². The second kappa shape index (κ2) is 13.8. The summed E-state index contributed by atoms with van der Waals surface area (Å²) in [5, 5.41) is 7.78. The van der Waals surface area contributed by atoms with Crippen LogP contribution in [0.15, 0.2) is 76.2 Å². The lowest BCUT2D eigenvalue weighted by Gasteiger charge is -2.33. The van der Waals surface area contributed by atoms with Gasteiger partial charge in [0, 0.05) is 22.7 Å². The SMILES string of the molecule is O=C(NCCCC[C@@H](C(=O)N/N=C/c1ccc(-c2ccc(Cl)cc2)o1)N1CCCCC1)c1ccccc1. The van der Waals surface area contributed by atoms with E-state index in [9.17, 15) is 9.59 Å². The third kappa shape index (κ3) is 8.03. The number of benzene rings is 2. The number of halogens is 1. The molecule has 1 atom stereocenters. The highest BCUT2D eigenvalue weighted by atomic mass is 35.5. The van der Waals surface area contributed by atoms with Crippen LogP contribution in [0.2, 0.25) is 5.02 Å². The van der Waals surface area contributed by atoms with Crippen molar-refractivity contribution >= 4 is 29.6 Å². The first-order valence-corrected chi connectivity index (χ1v) is 13.2. The van der Waals surface area contributed by atoms with Crippen molar-refractivity contribution in [2.75, 3.05) is 19.6 Å². The fourth-order valence-electron chi connectivity index (χ4n) is 4.49. The van der Waals surface area contributed by atoms with Crippen molar-refractivity contribution in [3.05, 3.63) is 83.1 Å². The van der Waals surface area contributed by atoms with E-state index in [0.29, 0.717) is 35.1 Å². The molecule has 1 aliphatic heterocycles. The summed E-state index contributed by atoms with van der Waals surface area (Å²) in [6, 6.07) is 20.0. The van der Waals surface area contributed by atoms with Crippen molar-refractivity contribution in [2.24, 2.45) is 5.10 Å². The van der Waals surface area contributed by atoms with Gasteiger partial charge in [-0.1, -0.05) is 36.2 Å². The normalized spacial score (nSPS) is 14.9. The summed E-state index contributed by atoms with van der Waals surface area (Å²) in [4.78, 5) is 27.5. The fraction of sp³-hybridized carbons (Fsp3) is 0.345. The van der Waals surface area contributed by atoms with Crippen LogP contribution >= 0.6 is 11.6 Å². The Labute approximate surface area is 222 Å². The third-order valence-corrected chi connectivity index (χ3v) is 6.73. The second-order valence-electron chi connectivity index (χ2n) is 9.17. The number of nitrogens with zero attached hydrogens (tertiary/aromatic N) is 2. The molecule has 37 heavy (non-hydrogen) atoms. The van der Waals surface area contributed by atoms with Gasteiger partial charge in [0.15, 0.2) is 0 Å². The van der Waals surface area contributed by atoms with Gasteiger partial charge in [0.1, 0.15) is 11.5 Å². The molecule has 194 valence electrons. The second-order valence-corrected chi connectivity index (χ2v) is 9.61. The molecule has 2 N–H and O–H groups in total. The Hall–Kier alpha value is -3.42. The van der Waals surface area contributed by atoms with E-state index in [0.717, 1.165) is 44.3 Å². The Balaban J connectivity index is 1.27. The van der Waals surface area contributed by atoms with Gasteiger partial charge in [0.25, 0.3) is 11.8 Å². The average molecular weight is 521 g/mol. The van der Waals surface area contributed by atoms with Crippen molar-refractivity contribution in [2.45, 2.75) is 44.6 Å². The van der Waals surface area contributed by atoms with E-state index >= 15 is 0 Å². The Morgan fingerprint density at radius 3 is 2.49 bits per heavy atom. The van der Waals surface area contributed by atoms with Crippen molar-refractivity contribution < 1.29 is 14.0 Å². The number of hydrogen-bond acceptors (Lipinski definition) is 5. The highest BCUT2D eigenvalue weighted by Crippen LogP contribution is 2.23. The molecule has 2 amide bonds. The van der Waals surface area contributed by atoms with Crippen LogP contribution in [0.3, 0.4) is 0 Å². The summed E-state index contributed by atoms with van der Waals surface area (Å²) < 4.78 is 5.82. The van der Waals surface area contributed by atoms with Crippen LogP contribution in [0.5, 0.6) is 0 Å². The molecule has 2 aromatic carbocycles. The molecule has 0 bridgehead atoms. The van der Waals surface area contributed by atoms with Gasteiger partial charge in [-0.05, 0) is 93.7 Å². The van der Waals surface area contributed by atoms with E-state index in [1.165, 1.54) is 12.6 Å². The lowest BCUT2D eigenvalue weighted by Crippen LogP contribution is -2.47. The predicted molar refractivity (Wildman–Crippen MR) is 147 cm³/mol. The van der Waals surface area contributed by atoms with Crippen LogP contribution in [0.25, 0.3) is 11.3 Å². The number of unbranched alkanes of at least 4 members (excludes halogenated alkanes) is 1. The maximum atomic E-state index is 13.1. The molecule has 4 rings (SSSR count). The molecular weight excluding hydrogens is 488 g/mol. The van der Waals surface area contributed by atoms with Crippen LogP contribution in [0.4, 0.5) is 0 Å². The zero-order chi connectivity index (χ0) is 25.9. The number of amides is 2. The van der Waals surface area contributed by atoms with Crippen molar-refractivity contribution in [1.29, 1.82) is 0 Å². The molecule has 0 spiro atoms. The number of piperidine rings is 1. The highest BCUT2D eigenvalue weighted by molar-refractivity contribution is 6.30. The molecule has 0 unspecified atom stereocenters. The quantitative estimate of drug-likeness (QED) is 0.198. The molecule has 0 saturated carbocycles. The fourth-order valence-corrected chi connectivity index (χ4v) is 4.62. The summed E-state index contributed by atoms with van der Waals surface area (Å²) >= 11 is 5.95. The van der Waals surface area contributed by atoms with Crippen LogP contribution in [0.1, 0.15) is 54.6 Å². The van der Waals surface area contributed by atoms with E-state index in [2.05, 4.69) is 20.7 Å². The summed E-state index contributed by atoms with van der Waals surface area (Å²) in [7, 11) is 0. The highest BCUT2D eigenvalue weighted by Gasteiger charge is 2.26. The van der Waals surface area contributed by atoms with Gasteiger partial charge in [0.2, 0.25) is 0 Å². The van der Waals surface area contributed by atoms with Crippen molar-refractivity contribution in [3.63, 3.8) is 0 Å². The topological polar surface area (TPSA) is 86.9 Å². The molecule has 0 aliphatic carbocycles. The number of carbonyl (C=O) groups excluding carboxylic acids is 2. The largest absolute Gasteiger partial charge is 0.455 e. The van der Waals surface area contributed by atoms with E-state index in [-0.39, 0.29) is 17.9 Å². The molecule has 1 aromatic heterocycles. The van der Waals surface area contributed by atoms with Crippen molar-refractivity contribution in [3.8, 4) is 11.3 Å². The molecular formula is C29H33ClN4O3. The Bertz CT molecular complexity index is 1170. The van der Waals surface area contributed by atoms with E-state index in [1.807, 2.05) is 54.6 Å². The maximum absolute atomic E-state index is 13.1. The van der Waals surface area contributed by atoms with E-state index < -0.39 is 0 Å². The van der Waals surface area contributed by atoms with Crippen LogP contribution in [-0.2, 0) is 4.79 Å². The molecule has 8 heteroatoms. The molecule has 1 saturated heterocycles. The van der Waals surface area contributed by atoms with E-state index in [4.69, 9.17) is 16.0 Å². The number of carbonyl (C=O) groups is 2. The minimum absolute atomic E-state index is 0.0718. The number of hydrazone groups is 1. The van der Waals surface area contributed by atoms with E-state index in [1.54, 1.807) is 12.1 Å². The van der Waals surface area contributed by atoms with Gasteiger partial charge < -0.3 is 9.73 Å². The van der Waals surface area contributed by atoms with Gasteiger partial charge >= 0.3 is 0 Å². The lowest BCUT2D eigenvalue weighted by atomic mass is 10.0.